The second-order valence-corrected chi connectivity index (χ2v) is 11.1. The minimum absolute atomic E-state index is 0.621. The lowest BCUT2D eigenvalue weighted by Gasteiger charge is -2.20. The second-order valence-electron chi connectivity index (χ2n) is 11.1. The summed E-state index contributed by atoms with van der Waals surface area (Å²) in [7, 11) is 0. The predicted molar refractivity (Wildman–Crippen MR) is 185 cm³/mol. The summed E-state index contributed by atoms with van der Waals surface area (Å²) in [5, 5.41) is 12.8. The van der Waals surface area contributed by atoms with Crippen molar-refractivity contribution < 1.29 is 0 Å². The Hall–Kier alpha value is -6.24. The van der Waals surface area contributed by atoms with Crippen LogP contribution in [0.1, 0.15) is 5.56 Å². The summed E-state index contributed by atoms with van der Waals surface area (Å²) in [4.78, 5) is 4.25. The van der Waals surface area contributed by atoms with Crippen molar-refractivity contribution in [2.75, 3.05) is 0 Å². The smallest absolute Gasteiger partial charge is 0.0998 e. The molecule has 0 amide bonds. The van der Waals surface area contributed by atoms with Crippen molar-refractivity contribution in [2.24, 2.45) is 0 Å². The number of hydrogen-bond acceptors (Lipinski definition) is 2. The van der Waals surface area contributed by atoms with Gasteiger partial charge in [-0.3, -0.25) is 4.98 Å². The topological polar surface area (TPSA) is 41.6 Å². The Bertz CT molecular complexity index is 2250. The summed E-state index contributed by atoms with van der Waals surface area (Å²) in [6, 6.07) is 55.4. The van der Waals surface area contributed by atoms with Gasteiger partial charge in [-0.05, 0) is 46.5 Å². The van der Waals surface area contributed by atoms with Gasteiger partial charge >= 0.3 is 0 Å². The number of pyridine rings is 1. The lowest BCUT2D eigenvalue weighted by molar-refractivity contribution is 1.18. The zero-order chi connectivity index (χ0) is 30.2. The van der Waals surface area contributed by atoms with Gasteiger partial charge in [0.2, 0.25) is 0 Å². The molecule has 0 aliphatic rings. The van der Waals surface area contributed by atoms with Crippen LogP contribution in [0.2, 0.25) is 0 Å². The van der Waals surface area contributed by atoms with Crippen LogP contribution in [-0.4, -0.2) is 9.55 Å². The molecule has 0 saturated heterocycles. The van der Waals surface area contributed by atoms with Crippen molar-refractivity contribution in [3.8, 4) is 56.3 Å². The van der Waals surface area contributed by atoms with E-state index in [9.17, 15) is 5.26 Å². The Morgan fingerprint density at radius 2 is 0.911 bits per heavy atom. The number of benzene rings is 6. The summed E-state index contributed by atoms with van der Waals surface area (Å²) in [6.07, 6.45) is 3.56. The van der Waals surface area contributed by atoms with Crippen molar-refractivity contribution in [1.82, 2.24) is 9.55 Å². The molecule has 0 N–H and O–H groups in total. The molecule has 0 fully saturated rings. The van der Waals surface area contributed by atoms with Crippen molar-refractivity contribution in [3.63, 3.8) is 0 Å². The van der Waals surface area contributed by atoms with E-state index in [1.807, 2.05) is 24.3 Å². The molecule has 2 heterocycles. The fourth-order valence-corrected chi connectivity index (χ4v) is 6.54. The lowest BCUT2D eigenvalue weighted by Crippen LogP contribution is -2.02. The van der Waals surface area contributed by atoms with Crippen LogP contribution in [-0.2, 0) is 0 Å². The highest BCUT2D eigenvalue weighted by atomic mass is 15.0. The molecule has 0 spiro atoms. The van der Waals surface area contributed by atoms with E-state index in [1.54, 1.807) is 12.4 Å². The minimum atomic E-state index is 0.621. The quantitative estimate of drug-likeness (QED) is 0.205. The molecule has 0 saturated carbocycles. The summed E-state index contributed by atoms with van der Waals surface area (Å²) >= 11 is 0. The summed E-state index contributed by atoms with van der Waals surface area (Å²) < 4.78 is 2.43. The van der Waals surface area contributed by atoms with E-state index < -0.39 is 0 Å². The summed E-state index contributed by atoms with van der Waals surface area (Å²) in [5.74, 6) is 0. The van der Waals surface area contributed by atoms with Gasteiger partial charge in [0, 0.05) is 45.4 Å². The molecular weight excluding hydrogens is 546 g/mol. The molecule has 210 valence electrons. The fraction of sp³-hybridized carbons (Fsp3) is 0. The standard InChI is InChI=1S/C42H27N3/c43-28-33-26-39(31-16-8-3-9-17-31)40(27-38(33)32-22-24-44-25-23-32)45-41-34(29-12-4-1-5-13-29)18-10-20-36(41)37-21-11-19-35(42(37)45)30-14-6-2-7-15-30/h1-27H. The number of para-hydroxylation sites is 2. The number of hydrogen-bond donors (Lipinski definition) is 0. The number of fused-ring (bicyclic) bond motifs is 3. The molecule has 0 atom stereocenters. The van der Waals surface area contributed by atoms with Crippen LogP contribution in [0.25, 0.3) is 72.0 Å². The number of rotatable bonds is 5. The highest BCUT2D eigenvalue weighted by Crippen LogP contribution is 2.45. The van der Waals surface area contributed by atoms with Crippen LogP contribution in [0.4, 0.5) is 0 Å². The average molecular weight is 574 g/mol. The van der Waals surface area contributed by atoms with E-state index in [2.05, 4.69) is 143 Å². The van der Waals surface area contributed by atoms with Gasteiger partial charge < -0.3 is 4.57 Å². The lowest BCUT2D eigenvalue weighted by atomic mass is 9.93. The first-order valence-electron chi connectivity index (χ1n) is 15.0. The van der Waals surface area contributed by atoms with Crippen LogP contribution in [0.15, 0.2) is 164 Å². The zero-order valence-corrected chi connectivity index (χ0v) is 24.4. The van der Waals surface area contributed by atoms with E-state index in [0.29, 0.717) is 5.56 Å². The number of aromatic nitrogens is 2. The maximum atomic E-state index is 10.4. The molecule has 0 unspecified atom stereocenters. The third-order valence-electron chi connectivity index (χ3n) is 8.55. The summed E-state index contributed by atoms with van der Waals surface area (Å²) in [6.45, 7) is 0. The second kappa shape index (κ2) is 11.1. The van der Waals surface area contributed by atoms with Crippen molar-refractivity contribution in [3.05, 3.63) is 170 Å². The van der Waals surface area contributed by atoms with Crippen molar-refractivity contribution >= 4 is 21.8 Å². The Morgan fingerprint density at radius 3 is 1.40 bits per heavy atom. The number of nitriles is 1. The van der Waals surface area contributed by atoms with E-state index in [1.165, 1.54) is 10.8 Å². The Balaban J connectivity index is 1.60. The fourth-order valence-electron chi connectivity index (χ4n) is 6.54. The molecular formula is C42H27N3. The Morgan fingerprint density at radius 1 is 0.444 bits per heavy atom. The molecule has 3 heteroatoms. The van der Waals surface area contributed by atoms with Crippen molar-refractivity contribution in [1.29, 1.82) is 5.26 Å². The highest BCUT2D eigenvalue weighted by molar-refractivity contribution is 6.17. The largest absolute Gasteiger partial charge is 0.307 e. The number of nitrogens with zero attached hydrogens (tertiary/aromatic N) is 3. The van der Waals surface area contributed by atoms with Gasteiger partial charge in [-0.2, -0.15) is 5.26 Å². The van der Waals surface area contributed by atoms with Crippen molar-refractivity contribution in [2.45, 2.75) is 0 Å². The first-order valence-corrected chi connectivity index (χ1v) is 15.0. The summed E-state index contributed by atoms with van der Waals surface area (Å²) in [5.41, 5.74) is 12.4. The molecule has 45 heavy (non-hydrogen) atoms. The average Bonchev–Trinajstić information content (AvgIpc) is 3.47. The molecule has 8 aromatic rings. The SMILES string of the molecule is N#Cc1cc(-c2ccccc2)c(-n2c3c(-c4ccccc4)cccc3c3cccc(-c4ccccc4)c32)cc1-c1ccncc1. The minimum Gasteiger partial charge on any atom is -0.307 e. The maximum Gasteiger partial charge on any atom is 0.0998 e. The molecule has 0 bridgehead atoms. The van der Waals surface area contributed by atoms with Gasteiger partial charge in [0.25, 0.3) is 0 Å². The maximum absolute atomic E-state index is 10.4. The van der Waals surface area contributed by atoms with E-state index >= 15 is 0 Å². The molecule has 0 aliphatic heterocycles. The van der Waals surface area contributed by atoms with E-state index in [-0.39, 0.29) is 0 Å². The Kier molecular flexibility index (Phi) is 6.52. The van der Waals surface area contributed by atoms with Crippen LogP contribution in [0, 0.1) is 11.3 Å². The van der Waals surface area contributed by atoms with Gasteiger partial charge in [0.05, 0.1) is 28.4 Å². The van der Waals surface area contributed by atoms with E-state index in [4.69, 9.17) is 0 Å². The normalized spacial score (nSPS) is 11.1. The zero-order valence-electron chi connectivity index (χ0n) is 24.4. The van der Waals surface area contributed by atoms with Crippen LogP contribution in [0.5, 0.6) is 0 Å². The van der Waals surface area contributed by atoms with Crippen LogP contribution in [0.3, 0.4) is 0 Å². The monoisotopic (exact) mass is 573 g/mol. The third kappa shape index (κ3) is 4.49. The molecule has 6 aromatic carbocycles. The van der Waals surface area contributed by atoms with Gasteiger partial charge in [-0.1, -0.05) is 127 Å². The predicted octanol–water partition coefficient (Wildman–Crippen LogP) is 10.7. The van der Waals surface area contributed by atoms with Crippen LogP contribution >= 0.6 is 0 Å². The first-order chi connectivity index (χ1) is 22.3. The van der Waals surface area contributed by atoms with Gasteiger partial charge in [-0.25, -0.2) is 0 Å². The van der Waals surface area contributed by atoms with E-state index in [0.717, 1.165) is 61.2 Å². The van der Waals surface area contributed by atoms with Gasteiger partial charge in [-0.15, -0.1) is 0 Å². The molecule has 8 rings (SSSR count). The molecule has 0 radical (unpaired) electrons. The Labute approximate surface area is 261 Å². The van der Waals surface area contributed by atoms with Crippen LogP contribution < -0.4 is 0 Å². The third-order valence-corrected chi connectivity index (χ3v) is 8.55. The van der Waals surface area contributed by atoms with Gasteiger partial charge in [0.15, 0.2) is 0 Å². The molecule has 3 nitrogen and oxygen atoms in total. The first kappa shape index (κ1) is 26.4. The highest BCUT2D eigenvalue weighted by Gasteiger charge is 2.23. The molecule has 2 aromatic heterocycles. The molecule has 0 aliphatic carbocycles. The van der Waals surface area contributed by atoms with Gasteiger partial charge in [0.1, 0.15) is 0 Å².